The zero-order valence-corrected chi connectivity index (χ0v) is 11.3. The molecule has 2 rings (SSSR count). The molecule has 1 saturated carbocycles. The largest absolute Gasteiger partial charge is 0.394 e. The Balaban J connectivity index is 2.31. The van der Waals surface area contributed by atoms with Gasteiger partial charge in [0.2, 0.25) is 0 Å². The SMILES string of the molecule is CC1=C(C)C(=O)N(C2(CO)CCC(C)CC2)C1=O. The Bertz CT molecular complexity index is 393. The molecule has 1 heterocycles. The fourth-order valence-corrected chi connectivity index (χ4v) is 2.93. The molecular formula is C14H21NO3. The standard InChI is InChI=1S/C14H21NO3/c1-9-4-6-14(8-16,7-5-9)15-12(17)10(2)11(3)13(15)18/h9,16H,4-8H2,1-3H3. The van der Waals surface area contributed by atoms with Gasteiger partial charge in [0.1, 0.15) is 0 Å². The van der Waals surface area contributed by atoms with E-state index in [0.717, 1.165) is 12.8 Å². The molecule has 0 unspecified atom stereocenters. The molecule has 18 heavy (non-hydrogen) atoms. The molecule has 0 aromatic rings. The molecule has 0 aromatic carbocycles. The van der Waals surface area contributed by atoms with E-state index in [1.54, 1.807) is 13.8 Å². The molecule has 0 spiro atoms. The Morgan fingerprint density at radius 1 is 1.17 bits per heavy atom. The van der Waals surface area contributed by atoms with Gasteiger partial charge in [0.15, 0.2) is 0 Å². The lowest BCUT2D eigenvalue weighted by molar-refractivity contribution is -0.149. The minimum absolute atomic E-state index is 0.127. The first-order chi connectivity index (χ1) is 8.43. The summed E-state index contributed by atoms with van der Waals surface area (Å²) in [5.41, 5.74) is 0.373. The van der Waals surface area contributed by atoms with Crippen LogP contribution in [0.1, 0.15) is 46.5 Å². The van der Waals surface area contributed by atoms with Crippen LogP contribution in [0.15, 0.2) is 11.1 Å². The van der Waals surface area contributed by atoms with Crippen LogP contribution in [-0.4, -0.2) is 34.0 Å². The van der Waals surface area contributed by atoms with Crippen LogP contribution in [0.3, 0.4) is 0 Å². The highest BCUT2D eigenvalue weighted by Gasteiger charge is 2.48. The minimum atomic E-state index is -0.667. The van der Waals surface area contributed by atoms with Crippen molar-refractivity contribution in [3.8, 4) is 0 Å². The molecule has 2 amide bonds. The Hall–Kier alpha value is -1.16. The molecule has 1 aliphatic carbocycles. The quantitative estimate of drug-likeness (QED) is 0.759. The second-order valence-corrected chi connectivity index (χ2v) is 5.76. The maximum Gasteiger partial charge on any atom is 0.257 e. The van der Waals surface area contributed by atoms with Gasteiger partial charge < -0.3 is 5.11 Å². The topological polar surface area (TPSA) is 57.6 Å². The zero-order chi connectivity index (χ0) is 13.5. The smallest absolute Gasteiger partial charge is 0.257 e. The summed E-state index contributed by atoms with van der Waals surface area (Å²) in [7, 11) is 0. The van der Waals surface area contributed by atoms with Crippen LogP contribution < -0.4 is 0 Å². The molecule has 0 saturated heterocycles. The second kappa shape index (κ2) is 4.50. The highest BCUT2D eigenvalue weighted by atomic mass is 16.3. The number of rotatable bonds is 2. The van der Waals surface area contributed by atoms with Gasteiger partial charge in [0, 0.05) is 11.1 Å². The van der Waals surface area contributed by atoms with Crippen molar-refractivity contribution in [2.45, 2.75) is 52.0 Å². The summed E-state index contributed by atoms with van der Waals surface area (Å²) in [6.45, 7) is 5.42. The first-order valence-electron chi connectivity index (χ1n) is 6.60. The minimum Gasteiger partial charge on any atom is -0.394 e. The highest BCUT2D eigenvalue weighted by Crippen LogP contribution is 2.39. The van der Waals surface area contributed by atoms with Gasteiger partial charge in [-0.3, -0.25) is 14.5 Å². The third-order valence-corrected chi connectivity index (χ3v) is 4.58. The molecule has 4 nitrogen and oxygen atoms in total. The third kappa shape index (κ3) is 1.79. The molecule has 100 valence electrons. The fourth-order valence-electron chi connectivity index (χ4n) is 2.93. The molecule has 1 fully saturated rings. The summed E-state index contributed by atoms with van der Waals surface area (Å²) in [6, 6.07) is 0. The van der Waals surface area contributed by atoms with E-state index in [1.165, 1.54) is 4.90 Å². The van der Waals surface area contributed by atoms with Gasteiger partial charge in [-0.2, -0.15) is 0 Å². The summed E-state index contributed by atoms with van der Waals surface area (Å²) in [5.74, 6) is 0.162. The van der Waals surface area contributed by atoms with E-state index in [-0.39, 0.29) is 18.4 Å². The predicted molar refractivity (Wildman–Crippen MR) is 67.7 cm³/mol. The number of aliphatic hydroxyl groups excluding tert-OH is 1. The van der Waals surface area contributed by atoms with E-state index in [0.29, 0.717) is 29.9 Å². The van der Waals surface area contributed by atoms with Crippen molar-refractivity contribution in [3.63, 3.8) is 0 Å². The van der Waals surface area contributed by atoms with E-state index >= 15 is 0 Å². The number of carbonyl (C=O) groups is 2. The van der Waals surface area contributed by atoms with Crippen molar-refractivity contribution >= 4 is 11.8 Å². The van der Waals surface area contributed by atoms with Gasteiger partial charge in [0.25, 0.3) is 11.8 Å². The monoisotopic (exact) mass is 251 g/mol. The van der Waals surface area contributed by atoms with Crippen LogP contribution in [-0.2, 0) is 9.59 Å². The Morgan fingerprint density at radius 2 is 1.61 bits per heavy atom. The molecule has 0 aromatic heterocycles. The lowest BCUT2D eigenvalue weighted by Gasteiger charge is -2.43. The molecule has 4 heteroatoms. The van der Waals surface area contributed by atoms with Crippen LogP contribution in [0.2, 0.25) is 0 Å². The van der Waals surface area contributed by atoms with Gasteiger partial charge in [-0.25, -0.2) is 0 Å². The van der Waals surface area contributed by atoms with E-state index in [9.17, 15) is 14.7 Å². The molecule has 1 N–H and O–H groups in total. The van der Waals surface area contributed by atoms with Crippen LogP contribution in [0.4, 0.5) is 0 Å². The summed E-state index contributed by atoms with van der Waals surface area (Å²) < 4.78 is 0. The maximum atomic E-state index is 12.2. The molecule has 2 aliphatic rings. The van der Waals surface area contributed by atoms with E-state index < -0.39 is 5.54 Å². The van der Waals surface area contributed by atoms with Crippen LogP contribution >= 0.6 is 0 Å². The van der Waals surface area contributed by atoms with Crippen molar-refractivity contribution < 1.29 is 14.7 Å². The number of hydrogen-bond acceptors (Lipinski definition) is 3. The predicted octanol–water partition coefficient (Wildman–Crippen LogP) is 1.63. The van der Waals surface area contributed by atoms with Gasteiger partial charge in [-0.05, 0) is 45.4 Å². The summed E-state index contributed by atoms with van der Waals surface area (Å²) in [5, 5.41) is 9.73. The number of aliphatic hydroxyl groups is 1. The normalized spacial score (nSPS) is 33.6. The zero-order valence-electron chi connectivity index (χ0n) is 11.3. The van der Waals surface area contributed by atoms with Crippen LogP contribution in [0.5, 0.6) is 0 Å². The second-order valence-electron chi connectivity index (χ2n) is 5.76. The average Bonchev–Trinajstić information content (AvgIpc) is 2.56. The van der Waals surface area contributed by atoms with Crippen LogP contribution in [0, 0.1) is 5.92 Å². The van der Waals surface area contributed by atoms with Crippen molar-refractivity contribution in [1.82, 2.24) is 4.90 Å². The number of carbonyl (C=O) groups excluding carboxylic acids is 2. The van der Waals surface area contributed by atoms with Gasteiger partial charge in [-0.1, -0.05) is 6.92 Å². The van der Waals surface area contributed by atoms with E-state index in [4.69, 9.17) is 0 Å². The van der Waals surface area contributed by atoms with Crippen molar-refractivity contribution in [1.29, 1.82) is 0 Å². The van der Waals surface area contributed by atoms with E-state index in [2.05, 4.69) is 6.92 Å². The molecule has 1 aliphatic heterocycles. The van der Waals surface area contributed by atoms with Crippen molar-refractivity contribution in [2.24, 2.45) is 5.92 Å². The molecule has 0 atom stereocenters. The summed E-state index contributed by atoms with van der Waals surface area (Å²) in [6.07, 6.45) is 3.33. The summed E-state index contributed by atoms with van der Waals surface area (Å²) >= 11 is 0. The molecule has 0 bridgehead atoms. The number of hydrogen-bond donors (Lipinski definition) is 1. The third-order valence-electron chi connectivity index (χ3n) is 4.58. The van der Waals surface area contributed by atoms with Crippen molar-refractivity contribution in [2.75, 3.05) is 6.61 Å². The summed E-state index contributed by atoms with van der Waals surface area (Å²) in [4.78, 5) is 25.7. The lowest BCUT2D eigenvalue weighted by Crippen LogP contribution is -2.56. The first kappa shape index (κ1) is 13.3. The Kier molecular flexibility index (Phi) is 3.32. The van der Waals surface area contributed by atoms with Crippen LogP contribution in [0.25, 0.3) is 0 Å². The fraction of sp³-hybridized carbons (Fsp3) is 0.714. The number of amides is 2. The van der Waals surface area contributed by atoms with Crippen molar-refractivity contribution in [3.05, 3.63) is 11.1 Å². The molecular weight excluding hydrogens is 230 g/mol. The van der Waals surface area contributed by atoms with Gasteiger partial charge in [0.05, 0.1) is 12.1 Å². The average molecular weight is 251 g/mol. The first-order valence-corrected chi connectivity index (χ1v) is 6.60. The Labute approximate surface area is 108 Å². The van der Waals surface area contributed by atoms with E-state index in [1.807, 2.05) is 0 Å². The maximum absolute atomic E-state index is 12.2. The number of nitrogens with zero attached hydrogens (tertiary/aromatic N) is 1. The Morgan fingerprint density at radius 3 is 2.00 bits per heavy atom. The highest BCUT2D eigenvalue weighted by molar-refractivity contribution is 6.19. The number of imide groups is 1. The molecule has 0 radical (unpaired) electrons. The van der Waals surface area contributed by atoms with Gasteiger partial charge >= 0.3 is 0 Å². The lowest BCUT2D eigenvalue weighted by atomic mass is 9.76. The van der Waals surface area contributed by atoms with Gasteiger partial charge in [-0.15, -0.1) is 0 Å².